The predicted molar refractivity (Wildman–Crippen MR) is 73.2 cm³/mol. The van der Waals surface area contributed by atoms with Crippen LogP contribution in [0.4, 0.5) is 8.78 Å². The minimum Gasteiger partial charge on any atom is -0.508 e. The van der Waals surface area contributed by atoms with Gasteiger partial charge in [0.05, 0.1) is 6.04 Å². The summed E-state index contributed by atoms with van der Waals surface area (Å²) in [7, 11) is 0. The maximum Gasteiger partial charge on any atom is 0.130 e. The molecule has 1 atom stereocenters. The second-order valence-electron chi connectivity index (χ2n) is 4.77. The number of hydrogen-bond acceptors (Lipinski definition) is 2. The van der Waals surface area contributed by atoms with Gasteiger partial charge in [0.1, 0.15) is 17.4 Å². The highest BCUT2D eigenvalue weighted by atomic mass is 19.1. The standard InChI is InChI=1S/C16H13F2NO/c17-12-4-5-15(18)14(8-12)11-7-16(19-9-11)10-2-1-3-13(20)6-10/h1-8,16,19-20H,9H2/t16-/m0/s1. The Balaban J connectivity index is 1.93. The summed E-state index contributed by atoms with van der Waals surface area (Å²) < 4.78 is 27.0. The fourth-order valence-corrected chi connectivity index (χ4v) is 2.40. The van der Waals surface area contributed by atoms with E-state index in [1.807, 2.05) is 12.1 Å². The molecule has 0 amide bonds. The Kier molecular flexibility index (Phi) is 3.24. The number of phenolic OH excluding ortho intramolecular Hbond substituents is 1. The highest BCUT2D eigenvalue weighted by molar-refractivity contribution is 5.70. The van der Waals surface area contributed by atoms with E-state index in [1.54, 1.807) is 18.2 Å². The topological polar surface area (TPSA) is 32.3 Å². The van der Waals surface area contributed by atoms with E-state index in [-0.39, 0.29) is 17.4 Å². The number of phenols is 1. The summed E-state index contributed by atoms with van der Waals surface area (Å²) in [4.78, 5) is 0. The molecule has 0 aromatic heterocycles. The fraction of sp³-hybridized carbons (Fsp3) is 0.125. The van der Waals surface area contributed by atoms with Crippen LogP contribution in [0.25, 0.3) is 5.57 Å². The van der Waals surface area contributed by atoms with Gasteiger partial charge >= 0.3 is 0 Å². The molecule has 2 aromatic carbocycles. The molecule has 0 unspecified atom stereocenters. The highest BCUT2D eigenvalue weighted by Crippen LogP contribution is 2.29. The Labute approximate surface area is 115 Å². The zero-order valence-corrected chi connectivity index (χ0v) is 10.6. The molecule has 2 nitrogen and oxygen atoms in total. The van der Waals surface area contributed by atoms with Crippen molar-refractivity contribution < 1.29 is 13.9 Å². The molecule has 2 N–H and O–H groups in total. The molecule has 0 fully saturated rings. The molecule has 2 aromatic rings. The Bertz CT molecular complexity index is 682. The molecule has 3 rings (SSSR count). The normalized spacial score (nSPS) is 18.1. The molecule has 20 heavy (non-hydrogen) atoms. The quantitative estimate of drug-likeness (QED) is 0.879. The summed E-state index contributed by atoms with van der Waals surface area (Å²) in [6.45, 7) is 0.459. The number of hydrogen-bond donors (Lipinski definition) is 2. The van der Waals surface area contributed by atoms with Crippen LogP contribution >= 0.6 is 0 Å². The Hall–Kier alpha value is -2.20. The maximum absolute atomic E-state index is 13.7. The third-order valence-electron chi connectivity index (χ3n) is 3.38. The van der Waals surface area contributed by atoms with E-state index in [1.165, 1.54) is 6.07 Å². The Morgan fingerprint density at radius 1 is 1.10 bits per heavy atom. The minimum atomic E-state index is -0.455. The lowest BCUT2D eigenvalue weighted by atomic mass is 10.0. The predicted octanol–water partition coefficient (Wildman–Crippen LogP) is 3.40. The van der Waals surface area contributed by atoms with Crippen molar-refractivity contribution in [2.45, 2.75) is 6.04 Å². The molecule has 0 spiro atoms. The summed E-state index contributed by atoms with van der Waals surface area (Å²) in [5.74, 6) is -0.706. The lowest BCUT2D eigenvalue weighted by Gasteiger charge is -2.08. The summed E-state index contributed by atoms with van der Waals surface area (Å²) >= 11 is 0. The average molecular weight is 273 g/mol. The molecule has 0 bridgehead atoms. The third-order valence-corrected chi connectivity index (χ3v) is 3.38. The molecule has 4 heteroatoms. The summed E-state index contributed by atoms with van der Waals surface area (Å²) in [5, 5.41) is 12.7. The average Bonchev–Trinajstić information content (AvgIpc) is 2.91. The molecular weight excluding hydrogens is 260 g/mol. The minimum absolute atomic E-state index is 0.111. The van der Waals surface area contributed by atoms with E-state index in [2.05, 4.69) is 5.32 Å². The lowest BCUT2D eigenvalue weighted by molar-refractivity contribution is 0.474. The van der Waals surface area contributed by atoms with Gasteiger partial charge in [-0.05, 0) is 41.5 Å². The third kappa shape index (κ3) is 2.42. The van der Waals surface area contributed by atoms with Gasteiger partial charge in [0.2, 0.25) is 0 Å². The van der Waals surface area contributed by atoms with Gasteiger partial charge in [-0.2, -0.15) is 0 Å². The van der Waals surface area contributed by atoms with E-state index in [9.17, 15) is 13.9 Å². The second kappa shape index (κ2) is 5.06. The first-order valence-corrected chi connectivity index (χ1v) is 6.32. The molecule has 0 radical (unpaired) electrons. The highest BCUT2D eigenvalue weighted by Gasteiger charge is 2.20. The van der Waals surface area contributed by atoms with Crippen LogP contribution < -0.4 is 5.32 Å². The maximum atomic E-state index is 13.7. The van der Waals surface area contributed by atoms with Crippen LogP contribution in [-0.2, 0) is 0 Å². The van der Waals surface area contributed by atoms with E-state index in [0.717, 1.165) is 23.3 Å². The lowest BCUT2D eigenvalue weighted by Crippen LogP contribution is -2.14. The van der Waals surface area contributed by atoms with Crippen molar-refractivity contribution in [2.24, 2.45) is 0 Å². The molecular formula is C16H13F2NO. The molecule has 102 valence electrons. The molecule has 0 saturated heterocycles. The van der Waals surface area contributed by atoms with Crippen molar-refractivity contribution in [2.75, 3.05) is 6.54 Å². The monoisotopic (exact) mass is 273 g/mol. The van der Waals surface area contributed by atoms with Crippen molar-refractivity contribution in [3.05, 3.63) is 71.3 Å². The SMILES string of the molecule is Oc1cccc([C@@H]2C=C(c3cc(F)ccc3F)CN2)c1. The van der Waals surface area contributed by atoms with Crippen LogP contribution in [0.15, 0.2) is 48.5 Å². The zero-order valence-electron chi connectivity index (χ0n) is 10.6. The van der Waals surface area contributed by atoms with Gasteiger partial charge in [0, 0.05) is 12.1 Å². The van der Waals surface area contributed by atoms with Gasteiger partial charge in [-0.25, -0.2) is 8.78 Å². The first-order valence-electron chi connectivity index (χ1n) is 6.32. The van der Waals surface area contributed by atoms with Crippen LogP contribution in [0.3, 0.4) is 0 Å². The first kappa shape index (κ1) is 12.8. The van der Waals surface area contributed by atoms with E-state index >= 15 is 0 Å². The zero-order chi connectivity index (χ0) is 14.1. The number of halogens is 2. The van der Waals surface area contributed by atoms with Crippen LogP contribution in [0, 0.1) is 11.6 Å². The molecule has 0 saturated carbocycles. The van der Waals surface area contributed by atoms with E-state index < -0.39 is 11.6 Å². The fourth-order valence-electron chi connectivity index (χ4n) is 2.40. The van der Waals surface area contributed by atoms with E-state index in [0.29, 0.717) is 6.54 Å². The van der Waals surface area contributed by atoms with Gasteiger partial charge in [-0.3, -0.25) is 0 Å². The van der Waals surface area contributed by atoms with Crippen molar-refractivity contribution >= 4 is 5.57 Å². The Morgan fingerprint density at radius 2 is 1.95 bits per heavy atom. The molecule has 1 heterocycles. The van der Waals surface area contributed by atoms with Crippen molar-refractivity contribution in [3.8, 4) is 5.75 Å². The molecule has 1 aliphatic heterocycles. The largest absolute Gasteiger partial charge is 0.508 e. The van der Waals surface area contributed by atoms with Crippen molar-refractivity contribution in [3.63, 3.8) is 0 Å². The van der Waals surface area contributed by atoms with E-state index in [4.69, 9.17) is 0 Å². The van der Waals surface area contributed by atoms with Crippen LogP contribution in [0.1, 0.15) is 17.2 Å². The Morgan fingerprint density at radius 3 is 2.75 bits per heavy atom. The summed E-state index contributed by atoms with van der Waals surface area (Å²) in [6.07, 6.45) is 1.85. The van der Waals surface area contributed by atoms with Crippen LogP contribution in [0.5, 0.6) is 5.75 Å². The smallest absolute Gasteiger partial charge is 0.130 e. The first-order chi connectivity index (χ1) is 9.63. The van der Waals surface area contributed by atoms with Gasteiger partial charge in [-0.1, -0.05) is 18.2 Å². The number of rotatable bonds is 2. The van der Waals surface area contributed by atoms with Gasteiger partial charge in [0.25, 0.3) is 0 Å². The molecule has 1 aliphatic rings. The summed E-state index contributed by atoms with van der Waals surface area (Å²) in [5.41, 5.74) is 1.88. The van der Waals surface area contributed by atoms with Gasteiger partial charge < -0.3 is 10.4 Å². The van der Waals surface area contributed by atoms with Crippen LogP contribution in [-0.4, -0.2) is 11.7 Å². The van der Waals surface area contributed by atoms with Gasteiger partial charge in [0.15, 0.2) is 0 Å². The number of aromatic hydroxyl groups is 1. The number of nitrogens with one attached hydrogen (secondary N) is 1. The molecule has 0 aliphatic carbocycles. The van der Waals surface area contributed by atoms with Crippen molar-refractivity contribution in [1.82, 2.24) is 5.32 Å². The van der Waals surface area contributed by atoms with Gasteiger partial charge in [-0.15, -0.1) is 0 Å². The second-order valence-corrected chi connectivity index (χ2v) is 4.77. The van der Waals surface area contributed by atoms with Crippen molar-refractivity contribution in [1.29, 1.82) is 0 Å². The summed E-state index contributed by atoms with van der Waals surface area (Å²) in [6, 6.07) is 10.2. The number of benzene rings is 2. The van der Waals surface area contributed by atoms with Crippen LogP contribution in [0.2, 0.25) is 0 Å².